The summed E-state index contributed by atoms with van der Waals surface area (Å²) in [6.45, 7) is 6.03. The van der Waals surface area contributed by atoms with Crippen LogP contribution >= 0.6 is 12.4 Å². The zero-order valence-electron chi connectivity index (χ0n) is 9.80. The van der Waals surface area contributed by atoms with E-state index < -0.39 is 5.97 Å². The summed E-state index contributed by atoms with van der Waals surface area (Å²) < 4.78 is 0. The first-order chi connectivity index (χ1) is 7.02. The summed E-state index contributed by atoms with van der Waals surface area (Å²) in [4.78, 5) is 12.6. The van der Waals surface area contributed by atoms with Crippen LogP contribution in [0.3, 0.4) is 0 Å². The van der Waals surface area contributed by atoms with Crippen molar-refractivity contribution in [3.05, 3.63) is 29.8 Å². The van der Waals surface area contributed by atoms with E-state index in [1.807, 2.05) is 49.9 Å². The number of carbonyl (C=O) groups is 1. The summed E-state index contributed by atoms with van der Waals surface area (Å²) in [5.74, 6) is -0.799. The SMILES string of the molecule is Cc1ccccc1N(CC(=O)O)C(C)C.Cl. The third kappa shape index (κ3) is 3.74. The Bertz CT molecular complexity index is 353. The fourth-order valence-corrected chi connectivity index (χ4v) is 1.58. The molecule has 4 heteroatoms. The highest BCUT2D eigenvalue weighted by Crippen LogP contribution is 2.21. The van der Waals surface area contributed by atoms with Gasteiger partial charge in [-0.15, -0.1) is 12.4 Å². The van der Waals surface area contributed by atoms with E-state index in [1.165, 1.54) is 0 Å². The zero-order chi connectivity index (χ0) is 11.4. The van der Waals surface area contributed by atoms with Crippen molar-refractivity contribution in [1.29, 1.82) is 0 Å². The normalized spacial score (nSPS) is 9.75. The first-order valence-corrected chi connectivity index (χ1v) is 5.06. The summed E-state index contributed by atoms with van der Waals surface area (Å²) in [7, 11) is 0. The molecule has 1 rings (SSSR count). The van der Waals surface area contributed by atoms with E-state index in [9.17, 15) is 4.79 Å². The standard InChI is InChI=1S/C12H17NO2.ClH/c1-9(2)13(8-12(14)15)11-7-5-4-6-10(11)3;/h4-7,9H,8H2,1-3H3,(H,14,15);1H. The Morgan fingerprint density at radius 1 is 1.38 bits per heavy atom. The van der Waals surface area contributed by atoms with Gasteiger partial charge in [-0.25, -0.2) is 0 Å². The minimum absolute atomic E-state index is 0. The van der Waals surface area contributed by atoms with Gasteiger partial charge in [-0.1, -0.05) is 18.2 Å². The van der Waals surface area contributed by atoms with E-state index in [4.69, 9.17) is 5.11 Å². The first kappa shape index (κ1) is 14.8. The monoisotopic (exact) mass is 243 g/mol. The van der Waals surface area contributed by atoms with E-state index in [0.717, 1.165) is 11.3 Å². The molecule has 0 heterocycles. The Morgan fingerprint density at radius 3 is 2.38 bits per heavy atom. The highest BCUT2D eigenvalue weighted by Gasteiger charge is 2.15. The first-order valence-electron chi connectivity index (χ1n) is 5.06. The largest absolute Gasteiger partial charge is 0.480 e. The maximum Gasteiger partial charge on any atom is 0.323 e. The minimum atomic E-state index is -0.799. The molecule has 1 aromatic carbocycles. The van der Waals surface area contributed by atoms with Crippen LogP contribution in [0.4, 0.5) is 5.69 Å². The Hall–Kier alpha value is -1.22. The van der Waals surface area contributed by atoms with Crippen LogP contribution in [0.15, 0.2) is 24.3 Å². The molecule has 0 aliphatic rings. The number of hydrogen-bond acceptors (Lipinski definition) is 2. The van der Waals surface area contributed by atoms with Crippen LogP contribution in [0.25, 0.3) is 0 Å². The molecule has 0 fully saturated rings. The molecule has 0 saturated heterocycles. The van der Waals surface area contributed by atoms with Crippen LogP contribution < -0.4 is 4.90 Å². The molecule has 0 amide bonds. The lowest BCUT2D eigenvalue weighted by Gasteiger charge is -2.28. The number of carboxylic acids is 1. The van der Waals surface area contributed by atoms with E-state index >= 15 is 0 Å². The average molecular weight is 244 g/mol. The van der Waals surface area contributed by atoms with Crippen LogP contribution in [0.1, 0.15) is 19.4 Å². The Kier molecular flexibility index (Phi) is 5.89. The Balaban J connectivity index is 0.00000225. The second-order valence-electron chi connectivity index (χ2n) is 3.90. The topological polar surface area (TPSA) is 40.5 Å². The van der Waals surface area contributed by atoms with Crippen molar-refractivity contribution in [3.63, 3.8) is 0 Å². The molecule has 1 N–H and O–H groups in total. The fourth-order valence-electron chi connectivity index (χ4n) is 1.58. The lowest BCUT2D eigenvalue weighted by atomic mass is 10.1. The molecule has 0 atom stereocenters. The molecule has 0 spiro atoms. The molecule has 0 unspecified atom stereocenters. The quantitative estimate of drug-likeness (QED) is 0.884. The molecule has 0 bridgehead atoms. The highest BCUT2D eigenvalue weighted by atomic mass is 35.5. The summed E-state index contributed by atoms with van der Waals surface area (Å²) in [6, 6.07) is 8.02. The van der Waals surface area contributed by atoms with Gasteiger partial charge >= 0.3 is 5.97 Å². The number of aliphatic carboxylic acids is 1. The fraction of sp³-hybridized carbons (Fsp3) is 0.417. The van der Waals surface area contributed by atoms with Gasteiger partial charge in [0.05, 0.1) is 0 Å². The van der Waals surface area contributed by atoms with Crippen LogP contribution in [-0.4, -0.2) is 23.7 Å². The molecule has 0 radical (unpaired) electrons. The molecule has 16 heavy (non-hydrogen) atoms. The number of aryl methyl sites for hydroxylation is 1. The molecular formula is C12H18ClNO2. The third-order valence-electron chi connectivity index (χ3n) is 2.35. The predicted molar refractivity (Wildman–Crippen MR) is 68.5 cm³/mol. The molecule has 1 aromatic rings. The molecular weight excluding hydrogens is 226 g/mol. The second kappa shape index (κ2) is 6.38. The van der Waals surface area contributed by atoms with Gasteiger partial charge in [0, 0.05) is 11.7 Å². The number of para-hydroxylation sites is 1. The van der Waals surface area contributed by atoms with E-state index in [2.05, 4.69) is 0 Å². The van der Waals surface area contributed by atoms with Crippen LogP contribution in [0.5, 0.6) is 0 Å². The summed E-state index contributed by atoms with van der Waals surface area (Å²) in [5, 5.41) is 8.84. The minimum Gasteiger partial charge on any atom is -0.480 e. The van der Waals surface area contributed by atoms with Crippen molar-refractivity contribution < 1.29 is 9.90 Å². The van der Waals surface area contributed by atoms with Gasteiger partial charge in [0.2, 0.25) is 0 Å². The number of benzene rings is 1. The van der Waals surface area contributed by atoms with Crippen LogP contribution in [0, 0.1) is 6.92 Å². The van der Waals surface area contributed by atoms with Gasteiger partial charge in [0.15, 0.2) is 0 Å². The predicted octanol–water partition coefficient (Wildman–Crippen LogP) is 2.72. The van der Waals surface area contributed by atoms with E-state index in [1.54, 1.807) is 0 Å². The maximum absolute atomic E-state index is 10.8. The maximum atomic E-state index is 10.8. The van der Waals surface area contributed by atoms with Gasteiger partial charge < -0.3 is 10.0 Å². The molecule has 3 nitrogen and oxygen atoms in total. The van der Waals surface area contributed by atoms with Crippen LogP contribution in [0.2, 0.25) is 0 Å². The lowest BCUT2D eigenvalue weighted by Crippen LogP contribution is -2.36. The average Bonchev–Trinajstić information content (AvgIpc) is 2.15. The molecule has 0 aromatic heterocycles. The van der Waals surface area contributed by atoms with Gasteiger partial charge in [0.1, 0.15) is 6.54 Å². The van der Waals surface area contributed by atoms with Crippen molar-refractivity contribution in [1.82, 2.24) is 0 Å². The molecule has 90 valence electrons. The Morgan fingerprint density at radius 2 is 1.94 bits per heavy atom. The number of halogens is 1. The van der Waals surface area contributed by atoms with Gasteiger partial charge in [0.25, 0.3) is 0 Å². The Labute approximate surface area is 102 Å². The highest BCUT2D eigenvalue weighted by molar-refractivity contribution is 5.85. The van der Waals surface area contributed by atoms with Crippen molar-refractivity contribution in [2.45, 2.75) is 26.8 Å². The van der Waals surface area contributed by atoms with Crippen molar-refractivity contribution in [2.24, 2.45) is 0 Å². The number of nitrogens with zero attached hydrogens (tertiary/aromatic N) is 1. The third-order valence-corrected chi connectivity index (χ3v) is 2.35. The smallest absolute Gasteiger partial charge is 0.323 e. The molecule has 0 aliphatic heterocycles. The van der Waals surface area contributed by atoms with E-state index in [-0.39, 0.29) is 25.0 Å². The molecule has 0 saturated carbocycles. The molecule has 0 aliphatic carbocycles. The number of anilines is 1. The van der Waals surface area contributed by atoms with Crippen molar-refractivity contribution in [3.8, 4) is 0 Å². The van der Waals surface area contributed by atoms with Gasteiger partial charge in [-0.05, 0) is 32.4 Å². The van der Waals surface area contributed by atoms with Gasteiger partial charge in [-0.2, -0.15) is 0 Å². The van der Waals surface area contributed by atoms with Crippen molar-refractivity contribution >= 4 is 24.1 Å². The van der Waals surface area contributed by atoms with E-state index in [0.29, 0.717) is 0 Å². The second-order valence-corrected chi connectivity index (χ2v) is 3.90. The number of rotatable bonds is 4. The number of hydrogen-bond donors (Lipinski definition) is 1. The van der Waals surface area contributed by atoms with Crippen LogP contribution in [-0.2, 0) is 4.79 Å². The zero-order valence-corrected chi connectivity index (χ0v) is 10.6. The van der Waals surface area contributed by atoms with Gasteiger partial charge in [-0.3, -0.25) is 4.79 Å². The number of carboxylic acid groups (broad SMARTS) is 1. The summed E-state index contributed by atoms with van der Waals surface area (Å²) in [5.41, 5.74) is 2.10. The van der Waals surface area contributed by atoms with Crippen molar-refractivity contribution in [2.75, 3.05) is 11.4 Å². The lowest BCUT2D eigenvalue weighted by molar-refractivity contribution is -0.135. The summed E-state index contributed by atoms with van der Waals surface area (Å²) >= 11 is 0. The summed E-state index contributed by atoms with van der Waals surface area (Å²) in [6.07, 6.45) is 0.